The van der Waals surface area contributed by atoms with Gasteiger partial charge in [-0.15, -0.1) is 0 Å². The maximum absolute atomic E-state index is 10.4. The van der Waals surface area contributed by atoms with Gasteiger partial charge >= 0.3 is 7.60 Å². The van der Waals surface area contributed by atoms with Crippen molar-refractivity contribution in [3.8, 4) is 0 Å². The van der Waals surface area contributed by atoms with E-state index in [1.807, 2.05) is 13.8 Å². The Morgan fingerprint density at radius 2 is 1.91 bits per heavy atom. The van der Waals surface area contributed by atoms with Crippen LogP contribution in [0.15, 0.2) is 0 Å². The maximum atomic E-state index is 10.4. The topological polar surface area (TPSA) is 83.6 Å². The van der Waals surface area contributed by atoms with E-state index in [1.54, 1.807) is 0 Å². The van der Waals surface area contributed by atoms with Crippen molar-refractivity contribution >= 4 is 7.60 Å². The molecule has 4 N–H and O–H groups in total. The summed E-state index contributed by atoms with van der Waals surface area (Å²) in [6.07, 6.45) is 0.455. The van der Waals surface area contributed by atoms with Gasteiger partial charge in [-0.3, -0.25) is 4.57 Å². The normalized spacial score (nSPS) is 15.5. The Balaban J connectivity index is 3.70. The summed E-state index contributed by atoms with van der Waals surface area (Å²) in [6, 6.07) is -0.379. The van der Waals surface area contributed by atoms with Gasteiger partial charge in [0.15, 0.2) is 0 Å². The minimum atomic E-state index is -3.90. The zero-order chi connectivity index (χ0) is 9.07. The number of rotatable bonds is 4. The van der Waals surface area contributed by atoms with Crippen molar-refractivity contribution in [2.45, 2.75) is 26.3 Å². The Kier molecular flexibility index (Phi) is 4.26. The van der Waals surface area contributed by atoms with E-state index in [0.29, 0.717) is 12.3 Å². The Morgan fingerprint density at radius 3 is 2.18 bits per heavy atom. The first-order chi connectivity index (χ1) is 4.81. The average Bonchev–Trinajstić information content (AvgIpc) is 1.53. The van der Waals surface area contributed by atoms with Crippen molar-refractivity contribution < 1.29 is 14.4 Å². The standard InChI is InChI=1S/C6H16NO3P/c1-5(2)3-6(7)4-11(8,9)10/h5-6H,3-4,7H2,1-2H3,(H2,8,9,10). The Bertz CT molecular complexity index is 154. The van der Waals surface area contributed by atoms with Gasteiger partial charge in [0.1, 0.15) is 0 Å². The van der Waals surface area contributed by atoms with Crippen LogP contribution in [0, 0.1) is 5.92 Å². The zero-order valence-electron chi connectivity index (χ0n) is 6.90. The van der Waals surface area contributed by atoms with Gasteiger partial charge < -0.3 is 15.5 Å². The van der Waals surface area contributed by atoms with Crippen LogP contribution in [0.1, 0.15) is 20.3 Å². The second kappa shape index (κ2) is 4.21. The first-order valence-electron chi connectivity index (χ1n) is 3.61. The molecule has 0 amide bonds. The van der Waals surface area contributed by atoms with E-state index in [1.165, 1.54) is 0 Å². The van der Waals surface area contributed by atoms with Crippen LogP contribution < -0.4 is 5.73 Å². The molecule has 0 aliphatic heterocycles. The van der Waals surface area contributed by atoms with Gasteiger partial charge in [-0.25, -0.2) is 0 Å². The van der Waals surface area contributed by atoms with E-state index in [4.69, 9.17) is 15.5 Å². The molecule has 0 heterocycles. The largest absolute Gasteiger partial charge is 0.327 e. The molecule has 0 saturated carbocycles. The molecule has 0 fully saturated rings. The Hall–Kier alpha value is 0.110. The molecule has 1 unspecified atom stereocenters. The van der Waals surface area contributed by atoms with Crippen LogP contribution in [-0.2, 0) is 4.57 Å². The molecular weight excluding hydrogens is 165 g/mol. The molecule has 0 rings (SSSR count). The van der Waals surface area contributed by atoms with Crippen molar-refractivity contribution in [1.29, 1.82) is 0 Å². The molecule has 0 aliphatic rings. The summed E-state index contributed by atoms with van der Waals surface area (Å²) >= 11 is 0. The summed E-state index contributed by atoms with van der Waals surface area (Å²) < 4.78 is 10.4. The molecule has 68 valence electrons. The molecule has 11 heavy (non-hydrogen) atoms. The molecule has 1 atom stereocenters. The molecule has 0 bridgehead atoms. The van der Waals surface area contributed by atoms with Gasteiger partial charge in [-0.1, -0.05) is 13.8 Å². The fraction of sp³-hybridized carbons (Fsp3) is 1.00. The number of hydrogen-bond donors (Lipinski definition) is 3. The van der Waals surface area contributed by atoms with Crippen molar-refractivity contribution in [3.63, 3.8) is 0 Å². The van der Waals surface area contributed by atoms with E-state index in [-0.39, 0.29) is 12.2 Å². The van der Waals surface area contributed by atoms with Gasteiger partial charge in [0, 0.05) is 6.04 Å². The molecule has 0 saturated heterocycles. The van der Waals surface area contributed by atoms with Crippen LogP contribution >= 0.6 is 7.60 Å². The second-order valence-corrected chi connectivity index (χ2v) is 4.93. The highest BCUT2D eigenvalue weighted by molar-refractivity contribution is 7.51. The van der Waals surface area contributed by atoms with Crippen molar-refractivity contribution in [2.75, 3.05) is 6.16 Å². The molecule has 0 spiro atoms. The number of hydrogen-bond acceptors (Lipinski definition) is 2. The monoisotopic (exact) mass is 181 g/mol. The van der Waals surface area contributed by atoms with Crippen LogP contribution in [-0.4, -0.2) is 22.0 Å². The summed E-state index contributed by atoms with van der Waals surface area (Å²) in [7, 11) is -3.90. The average molecular weight is 181 g/mol. The van der Waals surface area contributed by atoms with Crippen molar-refractivity contribution in [3.05, 3.63) is 0 Å². The van der Waals surface area contributed by atoms with E-state index >= 15 is 0 Å². The summed E-state index contributed by atoms with van der Waals surface area (Å²) in [5, 5.41) is 0. The highest BCUT2D eigenvalue weighted by atomic mass is 31.2. The highest BCUT2D eigenvalue weighted by Crippen LogP contribution is 2.35. The highest BCUT2D eigenvalue weighted by Gasteiger charge is 2.18. The SMILES string of the molecule is CC(C)CC(N)CP(=O)(O)O. The van der Waals surface area contributed by atoms with Gasteiger partial charge in [0.05, 0.1) is 6.16 Å². The van der Waals surface area contributed by atoms with E-state index < -0.39 is 7.60 Å². The lowest BCUT2D eigenvalue weighted by atomic mass is 10.1. The van der Waals surface area contributed by atoms with Crippen molar-refractivity contribution in [1.82, 2.24) is 0 Å². The van der Waals surface area contributed by atoms with Gasteiger partial charge in [0.25, 0.3) is 0 Å². The minimum absolute atomic E-state index is 0.203. The molecule has 0 aromatic heterocycles. The summed E-state index contributed by atoms with van der Waals surface area (Å²) in [6.45, 7) is 3.94. The third-order valence-corrected chi connectivity index (χ3v) is 2.19. The third-order valence-electron chi connectivity index (χ3n) is 1.25. The fourth-order valence-electron chi connectivity index (χ4n) is 0.986. The third kappa shape index (κ3) is 8.01. The van der Waals surface area contributed by atoms with Gasteiger partial charge in [0.2, 0.25) is 0 Å². The summed E-state index contributed by atoms with van der Waals surface area (Å²) in [4.78, 5) is 17.1. The summed E-state index contributed by atoms with van der Waals surface area (Å²) in [5.74, 6) is 0.386. The van der Waals surface area contributed by atoms with E-state index in [2.05, 4.69) is 0 Å². The molecular formula is C6H16NO3P. The van der Waals surface area contributed by atoms with Crippen LogP contribution in [0.4, 0.5) is 0 Å². The predicted molar refractivity (Wildman–Crippen MR) is 44.3 cm³/mol. The lowest BCUT2D eigenvalue weighted by Gasteiger charge is -2.14. The van der Waals surface area contributed by atoms with Crippen LogP contribution in [0.2, 0.25) is 0 Å². The molecule has 0 aromatic rings. The van der Waals surface area contributed by atoms with Crippen LogP contribution in [0.3, 0.4) is 0 Å². The van der Waals surface area contributed by atoms with E-state index in [9.17, 15) is 4.57 Å². The lowest BCUT2D eigenvalue weighted by Crippen LogP contribution is -2.26. The number of nitrogens with two attached hydrogens (primary N) is 1. The van der Waals surface area contributed by atoms with E-state index in [0.717, 1.165) is 0 Å². The smallest absolute Gasteiger partial charge is 0.327 e. The lowest BCUT2D eigenvalue weighted by molar-refractivity contribution is 0.364. The van der Waals surface area contributed by atoms with Crippen LogP contribution in [0.25, 0.3) is 0 Å². The maximum Gasteiger partial charge on any atom is 0.327 e. The molecule has 4 nitrogen and oxygen atoms in total. The molecule has 0 aromatic carbocycles. The first kappa shape index (κ1) is 11.1. The minimum Gasteiger partial charge on any atom is -0.327 e. The Morgan fingerprint density at radius 1 is 1.45 bits per heavy atom. The summed E-state index contributed by atoms with van der Waals surface area (Å²) in [5.41, 5.74) is 5.47. The van der Waals surface area contributed by atoms with Crippen molar-refractivity contribution in [2.24, 2.45) is 11.7 Å². The molecule has 5 heteroatoms. The fourth-order valence-corrected chi connectivity index (χ4v) is 1.75. The zero-order valence-corrected chi connectivity index (χ0v) is 7.79. The van der Waals surface area contributed by atoms with Crippen LogP contribution in [0.5, 0.6) is 0 Å². The van der Waals surface area contributed by atoms with Gasteiger partial charge in [-0.05, 0) is 12.3 Å². The second-order valence-electron chi connectivity index (χ2n) is 3.24. The molecule has 0 aliphatic carbocycles. The quantitative estimate of drug-likeness (QED) is 0.552. The Labute approximate surface area is 67.0 Å². The first-order valence-corrected chi connectivity index (χ1v) is 5.41. The van der Waals surface area contributed by atoms with Gasteiger partial charge in [-0.2, -0.15) is 0 Å². The predicted octanol–water partition coefficient (Wildman–Crippen LogP) is 0.537. The molecule has 0 radical (unpaired) electrons.